The fraction of sp³-hybridized carbons (Fsp3) is 0.421. The fourth-order valence-corrected chi connectivity index (χ4v) is 3.09. The zero-order chi connectivity index (χ0) is 18.6. The van der Waals surface area contributed by atoms with Crippen molar-refractivity contribution in [3.8, 4) is 0 Å². The van der Waals surface area contributed by atoms with Gasteiger partial charge in [-0.15, -0.1) is 6.58 Å². The Hall–Kier alpha value is -2.63. The van der Waals surface area contributed by atoms with E-state index in [4.69, 9.17) is 0 Å². The lowest BCUT2D eigenvalue weighted by Crippen LogP contribution is -2.46. The molecule has 1 fully saturated rings. The Labute approximate surface area is 147 Å². The van der Waals surface area contributed by atoms with Gasteiger partial charge >= 0.3 is 12.0 Å². The van der Waals surface area contributed by atoms with Gasteiger partial charge < -0.3 is 10.0 Å². The van der Waals surface area contributed by atoms with Crippen LogP contribution in [-0.4, -0.2) is 51.4 Å². The monoisotopic (exact) mass is 344 g/mol. The molecule has 0 radical (unpaired) electrons. The zero-order valence-electron chi connectivity index (χ0n) is 14.6. The van der Waals surface area contributed by atoms with Crippen LogP contribution in [0.4, 0.5) is 4.79 Å². The number of aliphatic carboxylic acids is 1. The number of amides is 3. The van der Waals surface area contributed by atoms with E-state index >= 15 is 0 Å². The predicted octanol–water partition coefficient (Wildman–Crippen LogP) is 2.55. The van der Waals surface area contributed by atoms with E-state index in [9.17, 15) is 19.5 Å². The second-order valence-electron chi connectivity index (χ2n) is 6.62. The number of nitrogens with zero attached hydrogens (tertiary/aromatic N) is 2. The summed E-state index contributed by atoms with van der Waals surface area (Å²) in [6.07, 6.45) is 2.13. The van der Waals surface area contributed by atoms with E-state index < -0.39 is 30.0 Å². The van der Waals surface area contributed by atoms with Gasteiger partial charge in [-0.05, 0) is 17.9 Å². The van der Waals surface area contributed by atoms with Crippen LogP contribution in [-0.2, 0) is 16.0 Å². The van der Waals surface area contributed by atoms with Gasteiger partial charge in [0, 0.05) is 13.0 Å². The van der Waals surface area contributed by atoms with Gasteiger partial charge in [-0.2, -0.15) is 0 Å². The third kappa shape index (κ3) is 4.07. The van der Waals surface area contributed by atoms with Crippen LogP contribution in [0.1, 0.15) is 25.8 Å². The van der Waals surface area contributed by atoms with Gasteiger partial charge in [-0.3, -0.25) is 4.79 Å². The predicted molar refractivity (Wildman–Crippen MR) is 94.0 cm³/mol. The van der Waals surface area contributed by atoms with Crippen molar-refractivity contribution in [3.05, 3.63) is 48.6 Å². The minimum atomic E-state index is -1.16. The molecule has 2 rings (SSSR count). The van der Waals surface area contributed by atoms with Crippen molar-refractivity contribution in [2.45, 2.75) is 38.8 Å². The van der Waals surface area contributed by atoms with Crippen LogP contribution in [0.15, 0.2) is 43.0 Å². The Morgan fingerprint density at radius 3 is 2.44 bits per heavy atom. The molecule has 2 atom stereocenters. The molecule has 6 nitrogen and oxygen atoms in total. The molecule has 2 unspecified atom stereocenters. The minimum Gasteiger partial charge on any atom is -0.480 e. The first-order valence-corrected chi connectivity index (χ1v) is 8.38. The SMILES string of the molecule is C=CCN1C(=O)N(C(CC(C)C)C(=O)O)C(=O)C1Cc1ccccc1. The summed E-state index contributed by atoms with van der Waals surface area (Å²) in [4.78, 5) is 39.6. The van der Waals surface area contributed by atoms with E-state index in [1.54, 1.807) is 6.08 Å². The molecule has 0 aliphatic carbocycles. The third-order valence-corrected chi connectivity index (χ3v) is 4.24. The average molecular weight is 344 g/mol. The molecule has 1 aliphatic rings. The Morgan fingerprint density at radius 1 is 1.28 bits per heavy atom. The van der Waals surface area contributed by atoms with Gasteiger partial charge in [-0.25, -0.2) is 14.5 Å². The largest absolute Gasteiger partial charge is 0.480 e. The lowest BCUT2D eigenvalue weighted by Gasteiger charge is -2.24. The number of rotatable bonds is 8. The highest BCUT2D eigenvalue weighted by Crippen LogP contribution is 2.26. The number of hydrogen-bond acceptors (Lipinski definition) is 3. The molecule has 1 aromatic carbocycles. The number of carboxylic acid groups (broad SMARTS) is 1. The molecule has 0 saturated carbocycles. The van der Waals surface area contributed by atoms with Gasteiger partial charge in [0.1, 0.15) is 12.1 Å². The fourth-order valence-electron chi connectivity index (χ4n) is 3.09. The summed E-state index contributed by atoms with van der Waals surface area (Å²) in [6, 6.07) is 6.97. The number of benzene rings is 1. The molecule has 25 heavy (non-hydrogen) atoms. The van der Waals surface area contributed by atoms with Crippen LogP contribution in [0.5, 0.6) is 0 Å². The van der Waals surface area contributed by atoms with Crippen LogP contribution in [0.2, 0.25) is 0 Å². The second-order valence-corrected chi connectivity index (χ2v) is 6.62. The van der Waals surface area contributed by atoms with Crippen molar-refractivity contribution in [1.29, 1.82) is 0 Å². The summed E-state index contributed by atoms with van der Waals surface area (Å²) in [5.74, 6) is -1.57. The number of carbonyl (C=O) groups excluding carboxylic acids is 2. The number of carbonyl (C=O) groups is 3. The smallest absolute Gasteiger partial charge is 0.328 e. The summed E-state index contributed by atoms with van der Waals surface area (Å²) in [6.45, 7) is 7.57. The Balaban J connectivity index is 2.33. The summed E-state index contributed by atoms with van der Waals surface area (Å²) < 4.78 is 0. The highest BCUT2D eigenvalue weighted by atomic mass is 16.4. The molecule has 1 N–H and O–H groups in total. The maximum absolute atomic E-state index is 12.9. The molecule has 0 aromatic heterocycles. The third-order valence-electron chi connectivity index (χ3n) is 4.24. The Kier molecular flexibility index (Phi) is 5.96. The van der Waals surface area contributed by atoms with Gasteiger partial charge in [0.05, 0.1) is 0 Å². The molecule has 1 saturated heterocycles. The number of hydrogen-bond donors (Lipinski definition) is 1. The van der Waals surface area contributed by atoms with Crippen molar-refractivity contribution >= 4 is 17.9 Å². The quantitative estimate of drug-likeness (QED) is 0.581. The van der Waals surface area contributed by atoms with Crippen LogP contribution < -0.4 is 0 Å². The topological polar surface area (TPSA) is 77.9 Å². The van der Waals surface area contributed by atoms with Gasteiger partial charge in [0.15, 0.2) is 0 Å². The van der Waals surface area contributed by atoms with Crippen molar-refractivity contribution in [2.24, 2.45) is 5.92 Å². The molecular weight excluding hydrogens is 320 g/mol. The van der Waals surface area contributed by atoms with Crippen LogP contribution in [0.3, 0.4) is 0 Å². The van der Waals surface area contributed by atoms with E-state index in [1.807, 2.05) is 44.2 Å². The van der Waals surface area contributed by atoms with E-state index in [2.05, 4.69) is 6.58 Å². The molecule has 1 heterocycles. The Morgan fingerprint density at radius 2 is 1.92 bits per heavy atom. The van der Waals surface area contributed by atoms with Gasteiger partial charge in [0.2, 0.25) is 0 Å². The first-order chi connectivity index (χ1) is 11.9. The van der Waals surface area contributed by atoms with E-state index in [1.165, 1.54) is 4.90 Å². The lowest BCUT2D eigenvalue weighted by atomic mass is 10.0. The standard InChI is InChI=1S/C19H24N2O4/c1-4-10-20-15(12-14-8-6-5-7-9-14)17(22)21(19(20)25)16(18(23)24)11-13(2)3/h4-9,13,15-16H,1,10-12H2,2-3H3,(H,23,24). The highest BCUT2D eigenvalue weighted by Gasteiger charge is 2.49. The zero-order valence-corrected chi connectivity index (χ0v) is 14.6. The van der Waals surface area contributed by atoms with Crippen LogP contribution >= 0.6 is 0 Å². The summed E-state index contributed by atoms with van der Waals surface area (Å²) >= 11 is 0. The summed E-state index contributed by atoms with van der Waals surface area (Å²) in [5.41, 5.74) is 0.917. The maximum atomic E-state index is 12.9. The molecule has 3 amide bonds. The molecule has 6 heteroatoms. The van der Waals surface area contributed by atoms with Crippen molar-refractivity contribution < 1.29 is 19.5 Å². The molecular formula is C19H24N2O4. The molecule has 1 aromatic rings. The lowest BCUT2D eigenvalue weighted by molar-refractivity contribution is -0.147. The Bertz CT molecular complexity index is 657. The van der Waals surface area contributed by atoms with E-state index in [-0.39, 0.29) is 18.9 Å². The number of urea groups is 1. The average Bonchev–Trinajstić information content (AvgIpc) is 2.78. The molecule has 0 spiro atoms. The first-order valence-electron chi connectivity index (χ1n) is 8.38. The first kappa shape index (κ1) is 18.7. The van der Waals surface area contributed by atoms with Gasteiger partial charge in [-0.1, -0.05) is 50.3 Å². The molecule has 0 bridgehead atoms. The van der Waals surface area contributed by atoms with Crippen molar-refractivity contribution in [1.82, 2.24) is 9.80 Å². The highest BCUT2D eigenvalue weighted by molar-refractivity contribution is 6.07. The minimum absolute atomic E-state index is 0.0442. The van der Waals surface area contributed by atoms with Crippen molar-refractivity contribution in [2.75, 3.05) is 6.54 Å². The summed E-state index contributed by atoms with van der Waals surface area (Å²) in [5, 5.41) is 9.53. The summed E-state index contributed by atoms with van der Waals surface area (Å²) in [7, 11) is 0. The molecule has 134 valence electrons. The van der Waals surface area contributed by atoms with E-state index in [0.29, 0.717) is 6.42 Å². The van der Waals surface area contributed by atoms with Crippen molar-refractivity contribution in [3.63, 3.8) is 0 Å². The van der Waals surface area contributed by atoms with E-state index in [0.717, 1.165) is 10.5 Å². The van der Waals surface area contributed by atoms with Gasteiger partial charge in [0.25, 0.3) is 5.91 Å². The number of imide groups is 1. The maximum Gasteiger partial charge on any atom is 0.328 e. The normalized spacial score (nSPS) is 18.8. The van der Waals surface area contributed by atoms with Crippen LogP contribution in [0, 0.1) is 5.92 Å². The van der Waals surface area contributed by atoms with Crippen LogP contribution in [0.25, 0.3) is 0 Å². The number of carboxylic acids is 1. The molecule has 1 aliphatic heterocycles. The second kappa shape index (κ2) is 7.96.